The smallest absolute Gasteiger partial charge is 0.257 e. The van der Waals surface area contributed by atoms with Gasteiger partial charge in [-0.3, -0.25) is 9.78 Å². The number of nitrogens with zero attached hydrogens (tertiary/aromatic N) is 2. The van der Waals surface area contributed by atoms with Crippen molar-refractivity contribution in [1.82, 2.24) is 9.88 Å². The van der Waals surface area contributed by atoms with E-state index in [1.54, 1.807) is 12.3 Å². The Morgan fingerprint density at radius 1 is 1.14 bits per heavy atom. The molecule has 2 heterocycles. The van der Waals surface area contributed by atoms with Crippen molar-refractivity contribution in [2.75, 3.05) is 36.5 Å². The Morgan fingerprint density at radius 2 is 1.93 bits per heavy atom. The van der Waals surface area contributed by atoms with Crippen LogP contribution in [0.3, 0.4) is 0 Å². The second-order valence-corrected chi connectivity index (χ2v) is 8.54. The number of amides is 1. The summed E-state index contributed by atoms with van der Waals surface area (Å²) in [6.07, 6.45) is 2.71. The molecule has 0 radical (unpaired) electrons. The van der Waals surface area contributed by atoms with Gasteiger partial charge in [0.05, 0.1) is 11.1 Å². The minimum Gasteiger partial charge on any atom is -0.322 e. The van der Waals surface area contributed by atoms with Crippen LogP contribution in [0, 0.1) is 0 Å². The average Bonchev–Trinajstić information content (AvgIpc) is 2.73. The minimum atomic E-state index is -0.204. The highest BCUT2D eigenvalue weighted by atomic mass is 35.5. The monoisotopic (exact) mass is 411 g/mol. The first kappa shape index (κ1) is 19.2. The number of anilines is 1. The Bertz CT molecular complexity index is 971. The molecule has 0 unspecified atom stereocenters. The average molecular weight is 412 g/mol. The van der Waals surface area contributed by atoms with E-state index in [2.05, 4.69) is 27.3 Å². The molecule has 0 bridgehead atoms. The number of hydrogen-bond donors (Lipinski definition) is 1. The summed E-state index contributed by atoms with van der Waals surface area (Å²) in [7, 11) is 0. The maximum absolute atomic E-state index is 12.8. The number of fused-ring (bicyclic) bond motifs is 1. The number of carbonyl (C=O) groups excluding carboxylic acids is 1. The first-order chi connectivity index (χ1) is 13.7. The number of halogens is 1. The first-order valence-electron chi connectivity index (χ1n) is 9.44. The lowest BCUT2D eigenvalue weighted by atomic mass is 10.1. The van der Waals surface area contributed by atoms with Gasteiger partial charge in [-0.25, -0.2) is 0 Å². The van der Waals surface area contributed by atoms with Gasteiger partial charge < -0.3 is 10.2 Å². The van der Waals surface area contributed by atoms with Crippen molar-refractivity contribution in [2.45, 2.75) is 6.42 Å². The predicted molar refractivity (Wildman–Crippen MR) is 119 cm³/mol. The fourth-order valence-electron chi connectivity index (χ4n) is 3.39. The molecular weight excluding hydrogens is 390 g/mol. The summed E-state index contributed by atoms with van der Waals surface area (Å²) in [6.45, 7) is 3.45. The third kappa shape index (κ3) is 4.66. The van der Waals surface area contributed by atoms with E-state index in [0.717, 1.165) is 24.0 Å². The standard InChI is InChI=1S/C22H22ClN3OS/c23-18-14-17-2-1-8-24-21(17)20(15-18)22(27)25-19-5-3-16(4-6-19)7-9-26-10-12-28-13-11-26/h1-6,8,14-15H,7,9-13H2,(H,25,27). The zero-order valence-electron chi connectivity index (χ0n) is 15.5. The topological polar surface area (TPSA) is 45.2 Å². The molecule has 0 saturated carbocycles. The molecule has 4 nitrogen and oxygen atoms in total. The molecule has 6 heteroatoms. The lowest BCUT2D eigenvalue weighted by Gasteiger charge is -2.26. The van der Waals surface area contributed by atoms with Crippen molar-refractivity contribution in [3.05, 3.63) is 70.9 Å². The van der Waals surface area contributed by atoms with Crippen LogP contribution in [0.5, 0.6) is 0 Å². The quantitative estimate of drug-likeness (QED) is 0.659. The molecule has 0 aliphatic carbocycles. The molecule has 1 aliphatic rings. The van der Waals surface area contributed by atoms with Crippen LogP contribution in [0.2, 0.25) is 5.02 Å². The number of pyridine rings is 1. The van der Waals surface area contributed by atoms with Gasteiger partial charge in [0.15, 0.2) is 0 Å². The van der Waals surface area contributed by atoms with Crippen molar-refractivity contribution in [3.8, 4) is 0 Å². The maximum atomic E-state index is 12.8. The Balaban J connectivity index is 1.42. The molecule has 1 amide bonds. The van der Waals surface area contributed by atoms with Gasteiger partial charge in [-0.1, -0.05) is 29.8 Å². The van der Waals surface area contributed by atoms with E-state index < -0.39 is 0 Å². The van der Waals surface area contributed by atoms with Gasteiger partial charge in [-0.2, -0.15) is 11.8 Å². The van der Waals surface area contributed by atoms with Crippen LogP contribution in [-0.2, 0) is 6.42 Å². The Morgan fingerprint density at radius 3 is 2.71 bits per heavy atom. The van der Waals surface area contributed by atoms with Crippen LogP contribution in [0.15, 0.2) is 54.7 Å². The molecule has 1 saturated heterocycles. The third-order valence-corrected chi connectivity index (χ3v) is 6.11. The fraction of sp³-hybridized carbons (Fsp3) is 0.273. The summed E-state index contributed by atoms with van der Waals surface area (Å²) < 4.78 is 0. The molecule has 4 rings (SSSR count). The molecule has 3 aromatic rings. The van der Waals surface area contributed by atoms with Crippen molar-refractivity contribution >= 4 is 45.9 Å². The lowest BCUT2D eigenvalue weighted by molar-refractivity contribution is 0.102. The van der Waals surface area contributed by atoms with E-state index in [9.17, 15) is 4.79 Å². The van der Waals surface area contributed by atoms with Gasteiger partial charge in [0.1, 0.15) is 0 Å². The van der Waals surface area contributed by atoms with E-state index in [1.165, 1.54) is 30.2 Å². The number of thioether (sulfide) groups is 1. The molecule has 2 aromatic carbocycles. The van der Waals surface area contributed by atoms with Gasteiger partial charge in [-0.05, 0) is 42.3 Å². The Labute approximate surface area is 174 Å². The van der Waals surface area contributed by atoms with Gasteiger partial charge in [0.25, 0.3) is 5.91 Å². The summed E-state index contributed by atoms with van der Waals surface area (Å²) in [5.74, 6) is 2.26. The highest BCUT2D eigenvalue weighted by Crippen LogP contribution is 2.23. The molecule has 144 valence electrons. The van der Waals surface area contributed by atoms with E-state index in [0.29, 0.717) is 16.1 Å². The van der Waals surface area contributed by atoms with Gasteiger partial charge in [0, 0.05) is 53.4 Å². The highest BCUT2D eigenvalue weighted by molar-refractivity contribution is 7.99. The highest BCUT2D eigenvalue weighted by Gasteiger charge is 2.13. The van der Waals surface area contributed by atoms with Crippen LogP contribution in [0.1, 0.15) is 15.9 Å². The normalized spacial score (nSPS) is 14.9. The predicted octanol–water partition coefficient (Wildman–Crippen LogP) is 4.73. The van der Waals surface area contributed by atoms with E-state index in [1.807, 2.05) is 42.1 Å². The summed E-state index contributed by atoms with van der Waals surface area (Å²) in [5, 5.41) is 4.34. The number of benzene rings is 2. The Kier molecular flexibility index (Phi) is 6.15. The third-order valence-electron chi connectivity index (χ3n) is 4.95. The minimum absolute atomic E-state index is 0.204. The van der Waals surface area contributed by atoms with Crippen molar-refractivity contribution in [3.63, 3.8) is 0 Å². The SMILES string of the molecule is O=C(Nc1ccc(CCN2CCSCC2)cc1)c1cc(Cl)cc2cccnc12. The van der Waals surface area contributed by atoms with Gasteiger partial charge in [-0.15, -0.1) is 0 Å². The van der Waals surface area contributed by atoms with Crippen LogP contribution in [0.25, 0.3) is 10.9 Å². The number of rotatable bonds is 5. The van der Waals surface area contributed by atoms with Crippen LogP contribution in [-0.4, -0.2) is 46.9 Å². The molecule has 1 aromatic heterocycles. The maximum Gasteiger partial charge on any atom is 0.257 e. The van der Waals surface area contributed by atoms with Crippen molar-refractivity contribution in [1.29, 1.82) is 0 Å². The summed E-state index contributed by atoms with van der Waals surface area (Å²) in [6, 6.07) is 15.3. The van der Waals surface area contributed by atoms with Gasteiger partial charge >= 0.3 is 0 Å². The molecule has 1 fully saturated rings. The summed E-state index contributed by atoms with van der Waals surface area (Å²) >= 11 is 8.21. The fourth-order valence-corrected chi connectivity index (χ4v) is 4.60. The number of nitrogens with one attached hydrogen (secondary N) is 1. The molecule has 28 heavy (non-hydrogen) atoms. The number of aromatic nitrogens is 1. The molecular formula is C22H22ClN3OS. The van der Waals surface area contributed by atoms with Crippen LogP contribution >= 0.6 is 23.4 Å². The summed E-state index contributed by atoms with van der Waals surface area (Å²) in [4.78, 5) is 19.6. The van der Waals surface area contributed by atoms with E-state index in [-0.39, 0.29) is 5.91 Å². The second kappa shape index (κ2) is 8.95. The molecule has 0 atom stereocenters. The van der Waals surface area contributed by atoms with Crippen molar-refractivity contribution in [2.24, 2.45) is 0 Å². The largest absolute Gasteiger partial charge is 0.322 e. The van der Waals surface area contributed by atoms with Crippen LogP contribution in [0.4, 0.5) is 5.69 Å². The van der Waals surface area contributed by atoms with Crippen molar-refractivity contribution < 1.29 is 4.79 Å². The number of hydrogen-bond acceptors (Lipinski definition) is 4. The second-order valence-electron chi connectivity index (χ2n) is 6.88. The zero-order valence-corrected chi connectivity index (χ0v) is 17.1. The zero-order chi connectivity index (χ0) is 19.3. The van der Waals surface area contributed by atoms with Crippen LogP contribution < -0.4 is 5.32 Å². The summed E-state index contributed by atoms with van der Waals surface area (Å²) in [5.41, 5.74) is 3.19. The number of carbonyl (C=O) groups is 1. The molecule has 1 N–H and O–H groups in total. The first-order valence-corrected chi connectivity index (χ1v) is 11.0. The van der Waals surface area contributed by atoms with E-state index >= 15 is 0 Å². The lowest BCUT2D eigenvalue weighted by Crippen LogP contribution is -2.34. The Hall–Kier alpha value is -2.08. The molecule has 0 spiro atoms. The van der Waals surface area contributed by atoms with Gasteiger partial charge in [0.2, 0.25) is 0 Å². The molecule has 1 aliphatic heterocycles. The van der Waals surface area contributed by atoms with E-state index in [4.69, 9.17) is 11.6 Å².